The average molecular weight is 206 g/mol. The van der Waals surface area contributed by atoms with Crippen molar-refractivity contribution in [1.82, 2.24) is 0 Å². The number of hydrogen-bond acceptors (Lipinski definition) is 2. The van der Waals surface area contributed by atoms with E-state index in [0.717, 1.165) is 11.3 Å². The minimum atomic E-state index is 0.226. The second kappa shape index (κ2) is 5.54. The summed E-state index contributed by atoms with van der Waals surface area (Å²) in [5.41, 5.74) is 1.16. The van der Waals surface area contributed by atoms with Crippen LogP contribution < -0.4 is 4.74 Å². The van der Waals surface area contributed by atoms with Crippen molar-refractivity contribution in [2.75, 3.05) is 6.61 Å². The summed E-state index contributed by atoms with van der Waals surface area (Å²) < 4.78 is 5.42. The molecule has 0 bridgehead atoms. The highest BCUT2D eigenvalue weighted by atomic mass is 16.5. The Morgan fingerprint density at radius 1 is 1.47 bits per heavy atom. The van der Waals surface area contributed by atoms with Crippen molar-refractivity contribution in [1.29, 1.82) is 0 Å². The summed E-state index contributed by atoms with van der Waals surface area (Å²) in [6.07, 6.45) is 0.593. The molecule has 0 aliphatic heterocycles. The SMILES string of the molecule is CCOc1cccc(C(C)CC(C)=O)c1. The topological polar surface area (TPSA) is 26.3 Å². The minimum Gasteiger partial charge on any atom is -0.494 e. The molecular weight excluding hydrogens is 188 g/mol. The Balaban J connectivity index is 2.75. The molecule has 0 spiro atoms. The van der Waals surface area contributed by atoms with E-state index in [2.05, 4.69) is 6.92 Å². The van der Waals surface area contributed by atoms with Gasteiger partial charge in [-0.25, -0.2) is 0 Å². The highest BCUT2D eigenvalue weighted by Crippen LogP contribution is 2.23. The number of ketones is 1. The summed E-state index contributed by atoms with van der Waals surface area (Å²) in [6, 6.07) is 7.96. The fourth-order valence-electron chi connectivity index (χ4n) is 1.63. The second-order valence-electron chi connectivity index (χ2n) is 3.81. The molecule has 0 radical (unpaired) electrons. The Labute approximate surface area is 91.3 Å². The zero-order chi connectivity index (χ0) is 11.3. The van der Waals surface area contributed by atoms with Crippen LogP contribution in [-0.4, -0.2) is 12.4 Å². The summed E-state index contributed by atoms with van der Waals surface area (Å²) in [6.45, 7) is 6.32. The van der Waals surface area contributed by atoms with Crippen molar-refractivity contribution in [3.05, 3.63) is 29.8 Å². The number of rotatable bonds is 5. The van der Waals surface area contributed by atoms with Gasteiger partial charge in [-0.1, -0.05) is 19.1 Å². The highest BCUT2D eigenvalue weighted by Gasteiger charge is 2.08. The third kappa shape index (κ3) is 3.74. The molecule has 0 saturated heterocycles. The van der Waals surface area contributed by atoms with Crippen LogP contribution in [0.3, 0.4) is 0 Å². The minimum absolute atomic E-state index is 0.226. The summed E-state index contributed by atoms with van der Waals surface area (Å²) in [4.78, 5) is 11.0. The molecule has 0 fully saturated rings. The molecule has 1 rings (SSSR count). The van der Waals surface area contributed by atoms with Gasteiger partial charge in [-0.3, -0.25) is 0 Å². The van der Waals surface area contributed by atoms with E-state index in [1.54, 1.807) is 6.92 Å². The third-order valence-corrected chi connectivity index (χ3v) is 2.33. The van der Waals surface area contributed by atoms with Crippen LogP contribution in [0.25, 0.3) is 0 Å². The molecule has 1 aromatic carbocycles. The van der Waals surface area contributed by atoms with Gasteiger partial charge in [0.15, 0.2) is 0 Å². The standard InChI is InChI=1S/C13H18O2/c1-4-15-13-7-5-6-12(9-13)10(2)8-11(3)14/h5-7,9-10H,4,8H2,1-3H3. The van der Waals surface area contributed by atoms with E-state index in [0.29, 0.717) is 13.0 Å². The lowest BCUT2D eigenvalue weighted by atomic mass is 9.96. The maximum absolute atomic E-state index is 11.0. The first-order chi connectivity index (χ1) is 7.13. The van der Waals surface area contributed by atoms with E-state index in [4.69, 9.17) is 4.74 Å². The van der Waals surface area contributed by atoms with E-state index < -0.39 is 0 Å². The zero-order valence-electron chi connectivity index (χ0n) is 9.62. The third-order valence-electron chi connectivity index (χ3n) is 2.33. The normalized spacial score (nSPS) is 12.2. The van der Waals surface area contributed by atoms with Crippen LogP contribution in [-0.2, 0) is 4.79 Å². The number of benzene rings is 1. The van der Waals surface area contributed by atoms with E-state index in [-0.39, 0.29) is 11.7 Å². The number of carbonyl (C=O) groups excluding carboxylic acids is 1. The molecule has 0 amide bonds. The number of carbonyl (C=O) groups is 1. The monoisotopic (exact) mass is 206 g/mol. The second-order valence-corrected chi connectivity index (χ2v) is 3.81. The maximum Gasteiger partial charge on any atom is 0.130 e. The van der Waals surface area contributed by atoms with Gasteiger partial charge >= 0.3 is 0 Å². The molecular formula is C13H18O2. The molecule has 82 valence electrons. The van der Waals surface area contributed by atoms with Gasteiger partial charge in [0.2, 0.25) is 0 Å². The molecule has 1 aromatic rings. The van der Waals surface area contributed by atoms with Crippen LogP contribution >= 0.6 is 0 Å². The fraction of sp³-hybridized carbons (Fsp3) is 0.462. The predicted octanol–water partition coefficient (Wildman–Crippen LogP) is 3.17. The summed E-state index contributed by atoms with van der Waals surface area (Å²) in [5.74, 6) is 1.37. The smallest absolute Gasteiger partial charge is 0.130 e. The molecule has 0 aliphatic rings. The van der Waals surface area contributed by atoms with Gasteiger partial charge < -0.3 is 9.53 Å². The Morgan fingerprint density at radius 3 is 2.80 bits per heavy atom. The van der Waals surface area contributed by atoms with Gasteiger partial charge in [-0.15, -0.1) is 0 Å². The molecule has 1 unspecified atom stereocenters. The lowest BCUT2D eigenvalue weighted by Gasteiger charge is -2.11. The predicted molar refractivity (Wildman–Crippen MR) is 61.3 cm³/mol. The van der Waals surface area contributed by atoms with Crippen LogP contribution in [0.1, 0.15) is 38.7 Å². The summed E-state index contributed by atoms with van der Waals surface area (Å²) in [7, 11) is 0. The molecule has 15 heavy (non-hydrogen) atoms. The van der Waals surface area contributed by atoms with Gasteiger partial charge in [0.05, 0.1) is 6.61 Å². The van der Waals surface area contributed by atoms with Crippen molar-refractivity contribution in [3.8, 4) is 5.75 Å². The fourth-order valence-corrected chi connectivity index (χ4v) is 1.63. The molecule has 1 atom stereocenters. The maximum atomic E-state index is 11.0. The number of Topliss-reactive ketones (excluding diaryl/α,β-unsaturated/α-hetero) is 1. The van der Waals surface area contributed by atoms with Crippen LogP contribution in [0.15, 0.2) is 24.3 Å². The van der Waals surface area contributed by atoms with Crippen LogP contribution in [0, 0.1) is 0 Å². The molecule has 0 heterocycles. The Morgan fingerprint density at radius 2 is 2.20 bits per heavy atom. The Kier molecular flexibility index (Phi) is 4.35. The summed E-state index contributed by atoms with van der Waals surface area (Å²) >= 11 is 0. The van der Waals surface area contributed by atoms with Gasteiger partial charge in [-0.05, 0) is 37.5 Å². The largest absolute Gasteiger partial charge is 0.494 e. The number of hydrogen-bond donors (Lipinski definition) is 0. The van der Waals surface area contributed by atoms with E-state index in [9.17, 15) is 4.79 Å². The van der Waals surface area contributed by atoms with Crippen LogP contribution in [0.2, 0.25) is 0 Å². The molecule has 2 nitrogen and oxygen atoms in total. The first-order valence-corrected chi connectivity index (χ1v) is 5.35. The molecule has 0 N–H and O–H groups in total. The van der Waals surface area contributed by atoms with Crippen molar-refractivity contribution < 1.29 is 9.53 Å². The average Bonchev–Trinajstić information content (AvgIpc) is 2.17. The lowest BCUT2D eigenvalue weighted by Crippen LogP contribution is -2.01. The molecule has 0 aliphatic carbocycles. The highest BCUT2D eigenvalue weighted by molar-refractivity contribution is 5.76. The Hall–Kier alpha value is -1.31. The Bertz CT molecular complexity index is 331. The molecule has 0 aromatic heterocycles. The van der Waals surface area contributed by atoms with Crippen LogP contribution in [0.4, 0.5) is 0 Å². The van der Waals surface area contributed by atoms with Gasteiger partial charge in [0.1, 0.15) is 11.5 Å². The lowest BCUT2D eigenvalue weighted by molar-refractivity contribution is -0.117. The van der Waals surface area contributed by atoms with E-state index in [1.807, 2.05) is 31.2 Å². The van der Waals surface area contributed by atoms with E-state index >= 15 is 0 Å². The van der Waals surface area contributed by atoms with Crippen molar-refractivity contribution in [2.24, 2.45) is 0 Å². The quantitative estimate of drug-likeness (QED) is 0.739. The van der Waals surface area contributed by atoms with Crippen molar-refractivity contribution in [2.45, 2.75) is 33.1 Å². The first kappa shape index (κ1) is 11.8. The first-order valence-electron chi connectivity index (χ1n) is 5.35. The molecule has 0 saturated carbocycles. The zero-order valence-corrected chi connectivity index (χ0v) is 9.62. The molecule has 2 heteroatoms. The number of ether oxygens (including phenoxy) is 1. The van der Waals surface area contributed by atoms with Gasteiger partial charge in [0, 0.05) is 6.42 Å². The van der Waals surface area contributed by atoms with Gasteiger partial charge in [-0.2, -0.15) is 0 Å². The van der Waals surface area contributed by atoms with Crippen molar-refractivity contribution in [3.63, 3.8) is 0 Å². The summed E-state index contributed by atoms with van der Waals surface area (Å²) in [5, 5.41) is 0. The van der Waals surface area contributed by atoms with E-state index in [1.165, 1.54) is 0 Å². The van der Waals surface area contributed by atoms with Crippen LogP contribution in [0.5, 0.6) is 5.75 Å². The van der Waals surface area contributed by atoms with Crippen molar-refractivity contribution >= 4 is 5.78 Å². The van der Waals surface area contributed by atoms with Gasteiger partial charge in [0.25, 0.3) is 0 Å².